The van der Waals surface area contributed by atoms with Crippen molar-refractivity contribution in [1.82, 2.24) is 9.97 Å². The molecule has 1 N–H and O–H groups in total. The van der Waals surface area contributed by atoms with Crippen molar-refractivity contribution in [3.05, 3.63) is 64.4 Å². The van der Waals surface area contributed by atoms with E-state index in [1.165, 1.54) is 25.4 Å². The van der Waals surface area contributed by atoms with E-state index in [1.54, 1.807) is 30.3 Å². The van der Waals surface area contributed by atoms with Crippen LogP contribution in [0.3, 0.4) is 0 Å². The van der Waals surface area contributed by atoms with E-state index in [0.29, 0.717) is 21.7 Å². The number of hydrogen-bond acceptors (Lipinski definition) is 5. The van der Waals surface area contributed by atoms with E-state index in [4.69, 9.17) is 27.9 Å². The first-order valence-corrected chi connectivity index (χ1v) is 8.38. The SMILES string of the molecule is CC(OC(=O)c1cccc2nccnc12)C(=O)Nc1ccc(Cl)cc1Cl. The number of ether oxygens (including phenoxy) is 1. The molecule has 6 nitrogen and oxygen atoms in total. The predicted molar refractivity (Wildman–Crippen MR) is 99.5 cm³/mol. The van der Waals surface area contributed by atoms with Gasteiger partial charge < -0.3 is 10.1 Å². The molecule has 1 aromatic heterocycles. The average molecular weight is 390 g/mol. The number of amides is 1. The zero-order valence-electron chi connectivity index (χ0n) is 13.6. The lowest BCUT2D eigenvalue weighted by atomic mass is 10.2. The molecule has 3 aromatic rings. The largest absolute Gasteiger partial charge is 0.449 e. The summed E-state index contributed by atoms with van der Waals surface area (Å²) in [4.78, 5) is 33.0. The number of nitrogens with one attached hydrogen (secondary N) is 1. The van der Waals surface area contributed by atoms with Gasteiger partial charge in [0.15, 0.2) is 6.10 Å². The molecule has 1 atom stereocenters. The van der Waals surface area contributed by atoms with Crippen LogP contribution in [0.2, 0.25) is 10.0 Å². The highest BCUT2D eigenvalue weighted by Crippen LogP contribution is 2.25. The fourth-order valence-corrected chi connectivity index (χ4v) is 2.72. The van der Waals surface area contributed by atoms with E-state index >= 15 is 0 Å². The van der Waals surface area contributed by atoms with Gasteiger partial charge >= 0.3 is 5.97 Å². The minimum absolute atomic E-state index is 0.236. The summed E-state index contributed by atoms with van der Waals surface area (Å²) in [5, 5.41) is 3.33. The zero-order chi connectivity index (χ0) is 18.7. The summed E-state index contributed by atoms with van der Waals surface area (Å²) in [5.41, 5.74) is 1.58. The van der Waals surface area contributed by atoms with Crippen LogP contribution in [0.1, 0.15) is 17.3 Å². The molecular formula is C18H13Cl2N3O3. The second-order valence-corrected chi connectivity index (χ2v) is 6.23. The standard InChI is InChI=1S/C18H13Cl2N3O3/c1-10(17(24)23-14-6-5-11(19)9-13(14)20)26-18(25)12-3-2-4-15-16(12)22-8-7-21-15/h2-10H,1H3,(H,23,24). The summed E-state index contributed by atoms with van der Waals surface area (Å²) in [6.45, 7) is 1.47. The topological polar surface area (TPSA) is 81.2 Å². The summed E-state index contributed by atoms with van der Waals surface area (Å²) < 4.78 is 5.25. The van der Waals surface area contributed by atoms with Crippen LogP contribution in [-0.4, -0.2) is 27.9 Å². The number of benzene rings is 2. The number of nitrogens with zero attached hydrogens (tertiary/aromatic N) is 2. The molecule has 0 bridgehead atoms. The van der Waals surface area contributed by atoms with Gasteiger partial charge in [0, 0.05) is 17.4 Å². The normalized spacial score (nSPS) is 11.8. The van der Waals surface area contributed by atoms with Crippen molar-refractivity contribution < 1.29 is 14.3 Å². The molecule has 1 heterocycles. The molecule has 0 aliphatic rings. The lowest BCUT2D eigenvalue weighted by Gasteiger charge is -2.14. The molecule has 1 amide bonds. The van der Waals surface area contributed by atoms with E-state index < -0.39 is 18.0 Å². The highest BCUT2D eigenvalue weighted by atomic mass is 35.5. The second kappa shape index (κ2) is 7.68. The first-order valence-electron chi connectivity index (χ1n) is 7.62. The van der Waals surface area contributed by atoms with Crippen LogP contribution in [0.5, 0.6) is 0 Å². The van der Waals surface area contributed by atoms with Gasteiger partial charge in [0.2, 0.25) is 0 Å². The molecule has 8 heteroatoms. The highest BCUT2D eigenvalue weighted by Gasteiger charge is 2.21. The number of rotatable bonds is 4. The Morgan fingerprint density at radius 2 is 1.88 bits per heavy atom. The Bertz CT molecular complexity index is 989. The monoisotopic (exact) mass is 389 g/mol. The Morgan fingerprint density at radius 1 is 1.12 bits per heavy atom. The minimum Gasteiger partial charge on any atom is -0.449 e. The third kappa shape index (κ3) is 3.92. The molecule has 0 spiro atoms. The predicted octanol–water partition coefficient (Wildman–Crippen LogP) is 4.12. The van der Waals surface area contributed by atoms with E-state index in [2.05, 4.69) is 15.3 Å². The summed E-state index contributed by atoms with van der Waals surface area (Å²) in [7, 11) is 0. The maximum absolute atomic E-state index is 12.4. The minimum atomic E-state index is -1.04. The number of fused-ring (bicyclic) bond motifs is 1. The van der Waals surface area contributed by atoms with Crippen LogP contribution in [0.25, 0.3) is 11.0 Å². The van der Waals surface area contributed by atoms with Crippen molar-refractivity contribution in [3.63, 3.8) is 0 Å². The van der Waals surface area contributed by atoms with Crippen LogP contribution in [-0.2, 0) is 9.53 Å². The van der Waals surface area contributed by atoms with Gasteiger partial charge in [-0.25, -0.2) is 4.79 Å². The van der Waals surface area contributed by atoms with Gasteiger partial charge in [0.05, 0.1) is 21.8 Å². The van der Waals surface area contributed by atoms with Crippen molar-refractivity contribution in [2.75, 3.05) is 5.32 Å². The van der Waals surface area contributed by atoms with E-state index in [-0.39, 0.29) is 10.6 Å². The van der Waals surface area contributed by atoms with Gasteiger partial charge in [-0.3, -0.25) is 14.8 Å². The third-order valence-electron chi connectivity index (χ3n) is 3.56. The van der Waals surface area contributed by atoms with Crippen molar-refractivity contribution in [2.24, 2.45) is 0 Å². The maximum Gasteiger partial charge on any atom is 0.341 e. The number of carbonyl (C=O) groups is 2. The number of anilines is 1. The number of halogens is 2. The number of para-hydroxylation sites is 1. The van der Waals surface area contributed by atoms with Crippen LogP contribution in [0.4, 0.5) is 5.69 Å². The summed E-state index contributed by atoms with van der Waals surface area (Å²) in [5.74, 6) is -1.19. The molecule has 0 saturated heterocycles. The number of aromatic nitrogens is 2. The molecule has 26 heavy (non-hydrogen) atoms. The lowest BCUT2D eigenvalue weighted by molar-refractivity contribution is -0.123. The second-order valence-electron chi connectivity index (χ2n) is 5.39. The molecular weight excluding hydrogens is 377 g/mol. The van der Waals surface area contributed by atoms with Gasteiger partial charge in [-0.1, -0.05) is 29.3 Å². The van der Waals surface area contributed by atoms with Crippen LogP contribution >= 0.6 is 23.2 Å². The summed E-state index contributed by atoms with van der Waals surface area (Å²) >= 11 is 11.8. The van der Waals surface area contributed by atoms with Crippen molar-refractivity contribution in [1.29, 1.82) is 0 Å². The van der Waals surface area contributed by atoms with E-state index in [1.807, 2.05) is 0 Å². The molecule has 3 rings (SSSR count). The molecule has 0 fully saturated rings. The molecule has 0 saturated carbocycles. The quantitative estimate of drug-likeness (QED) is 0.678. The fourth-order valence-electron chi connectivity index (χ4n) is 2.26. The Balaban J connectivity index is 1.73. The molecule has 1 unspecified atom stereocenters. The molecule has 0 aliphatic carbocycles. The van der Waals surface area contributed by atoms with Gasteiger partial charge in [-0.05, 0) is 37.3 Å². The summed E-state index contributed by atoms with van der Waals surface area (Å²) in [6, 6.07) is 9.64. The van der Waals surface area contributed by atoms with E-state index in [9.17, 15) is 9.59 Å². The Labute approximate surface area is 159 Å². The third-order valence-corrected chi connectivity index (χ3v) is 4.11. The van der Waals surface area contributed by atoms with Crippen LogP contribution < -0.4 is 5.32 Å². The molecule has 132 valence electrons. The van der Waals surface area contributed by atoms with Gasteiger partial charge in [0.25, 0.3) is 5.91 Å². The smallest absolute Gasteiger partial charge is 0.341 e. The van der Waals surface area contributed by atoms with Gasteiger partial charge in [-0.15, -0.1) is 0 Å². The Kier molecular flexibility index (Phi) is 5.35. The number of carbonyl (C=O) groups excluding carboxylic acids is 2. The Hall–Kier alpha value is -2.70. The fraction of sp³-hybridized carbons (Fsp3) is 0.111. The molecule has 0 radical (unpaired) electrons. The zero-order valence-corrected chi connectivity index (χ0v) is 15.1. The van der Waals surface area contributed by atoms with E-state index in [0.717, 1.165) is 0 Å². The summed E-state index contributed by atoms with van der Waals surface area (Å²) in [6.07, 6.45) is 1.97. The van der Waals surface area contributed by atoms with Crippen molar-refractivity contribution >= 4 is 51.8 Å². The van der Waals surface area contributed by atoms with Gasteiger partial charge in [0.1, 0.15) is 5.52 Å². The Morgan fingerprint density at radius 3 is 2.65 bits per heavy atom. The molecule has 2 aromatic carbocycles. The van der Waals surface area contributed by atoms with Crippen molar-refractivity contribution in [3.8, 4) is 0 Å². The average Bonchev–Trinajstić information content (AvgIpc) is 2.63. The van der Waals surface area contributed by atoms with Crippen LogP contribution in [0, 0.1) is 0 Å². The van der Waals surface area contributed by atoms with Crippen molar-refractivity contribution in [2.45, 2.75) is 13.0 Å². The van der Waals surface area contributed by atoms with Gasteiger partial charge in [-0.2, -0.15) is 0 Å². The molecule has 0 aliphatic heterocycles. The number of hydrogen-bond donors (Lipinski definition) is 1. The first-order chi connectivity index (χ1) is 12.5. The first kappa shape index (κ1) is 18.1. The maximum atomic E-state index is 12.4. The van der Waals surface area contributed by atoms with Crippen LogP contribution in [0.15, 0.2) is 48.8 Å². The lowest BCUT2D eigenvalue weighted by Crippen LogP contribution is -2.30. The number of esters is 1. The highest BCUT2D eigenvalue weighted by molar-refractivity contribution is 6.36.